The van der Waals surface area contributed by atoms with Gasteiger partial charge in [-0.05, 0) is 30.5 Å². The Morgan fingerprint density at radius 2 is 1.89 bits per heavy atom. The number of benzene rings is 1. The van der Waals surface area contributed by atoms with Crippen LogP contribution in [0.5, 0.6) is 0 Å². The van der Waals surface area contributed by atoms with Gasteiger partial charge in [0.1, 0.15) is 0 Å². The molecule has 0 unspecified atom stereocenters. The van der Waals surface area contributed by atoms with Gasteiger partial charge in [0, 0.05) is 69.3 Å². The van der Waals surface area contributed by atoms with Gasteiger partial charge in [-0.25, -0.2) is 9.97 Å². The number of aromatic amines is 1. The Morgan fingerprint density at radius 1 is 1.11 bits per heavy atom. The lowest BCUT2D eigenvalue weighted by atomic mass is 10.1. The van der Waals surface area contributed by atoms with E-state index >= 15 is 0 Å². The zero-order chi connectivity index (χ0) is 19.2. The standard InChI is InChI=1S/C21H27N7/c1-22-20(27-12-14-28(15-13-27)21-24-10-5-11-25-21)23-9-4-6-17-16-26-19-8-3-2-7-18(17)19/h2-3,5,7-8,10-11,16,26H,4,6,9,12-15H2,1H3,(H,22,23). The number of aryl methyl sites for hydroxylation is 1. The summed E-state index contributed by atoms with van der Waals surface area (Å²) in [4.78, 5) is 21.0. The van der Waals surface area contributed by atoms with Gasteiger partial charge in [-0.3, -0.25) is 4.99 Å². The van der Waals surface area contributed by atoms with Crippen LogP contribution >= 0.6 is 0 Å². The van der Waals surface area contributed by atoms with Gasteiger partial charge in [-0.2, -0.15) is 0 Å². The average molecular weight is 377 g/mol. The number of para-hydroxylation sites is 1. The Hall–Kier alpha value is -3.09. The van der Waals surface area contributed by atoms with E-state index in [4.69, 9.17) is 0 Å². The lowest BCUT2D eigenvalue weighted by Crippen LogP contribution is -2.53. The van der Waals surface area contributed by atoms with Crippen LogP contribution in [-0.2, 0) is 6.42 Å². The Labute approximate surface area is 165 Å². The minimum absolute atomic E-state index is 0.809. The number of anilines is 1. The second-order valence-electron chi connectivity index (χ2n) is 6.96. The highest BCUT2D eigenvalue weighted by Crippen LogP contribution is 2.18. The molecule has 1 fully saturated rings. The van der Waals surface area contributed by atoms with Crippen molar-refractivity contribution in [3.8, 4) is 0 Å². The van der Waals surface area contributed by atoms with Crippen molar-refractivity contribution in [1.29, 1.82) is 0 Å². The molecule has 0 saturated carbocycles. The van der Waals surface area contributed by atoms with Crippen LogP contribution in [0.3, 0.4) is 0 Å². The van der Waals surface area contributed by atoms with E-state index in [0.29, 0.717) is 0 Å². The van der Waals surface area contributed by atoms with Gasteiger partial charge in [-0.15, -0.1) is 0 Å². The number of hydrogen-bond donors (Lipinski definition) is 2. The third kappa shape index (κ3) is 4.08. The fourth-order valence-electron chi connectivity index (χ4n) is 3.72. The monoisotopic (exact) mass is 377 g/mol. The van der Waals surface area contributed by atoms with E-state index in [1.165, 1.54) is 16.5 Å². The maximum atomic E-state index is 4.47. The van der Waals surface area contributed by atoms with Crippen LogP contribution in [0.25, 0.3) is 10.9 Å². The number of H-pyrrole nitrogens is 1. The van der Waals surface area contributed by atoms with Crippen molar-refractivity contribution in [3.05, 3.63) is 54.5 Å². The molecule has 1 aliphatic rings. The second-order valence-corrected chi connectivity index (χ2v) is 6.96. The second kappa shape index (κ2) is 8.73. The van der Waals surface area contributed by atoms with Gasteiger partial charge in [0.2, 0.25) is 5.95 Å². The minimum Gasteiger partial charge on any atom is -0.361 e. The number of hydrogen-bond acceptors (Lipinski definition) is 4. The summed E-state index contributed by atoms with van der Waals surface area (Å²) < 4.78 is 0. The van der Waals surface area contributed by atoms with Crippen molar-refractivity contribution in [3.63, 3.8) is 0 Å². The summed E-state index contributed by atoms with van der Waals surface area (Å²) in [6, 6.07) is 10.3. The summed E-state index contributed by atoms with van der Waals surface area (Å²) in [5.74, 6) is 1.79. The van der Waals surface area contributed by atoms with Crippen molar-refractivity contribution >= 4 is 22.8 Å². The quantitative estimate of drug-likeness (QED) is 0.405. The highest BCUT2D eigenvalue weighted by atomic mass is 15.4. The molecular weight excluding hydrogens is 350 g/mol. The maximum Gasteiger partial charge on any atom is 0.225 e. The van der Waals surface area contributed by atoms with E-state index in [2.05, 4.69) is 65.5 Å². The van der Waals surface area contributed by atoms with Crippen LogP contribution in [-0.4, -0.2) is 65.6 Å². The van der Waals surface area contributed by atoms with E-state index in [-0.39, 0.29) is 0 Å². The van der Waals surface area contributed by atoms with Crippen LogP contribution in [0.1, 0.15) is 12.0 Å². The molecule has 3 heterocycles. The van der Waals surface area contributed by atoms with E-state index in [9.17, 15) is 0 Å². The number of aliphatic imine (C=N–C) groups is 1. The van der Waals surface area contributed by atoms with Gasteiger partial charge in [0.15, 0.2) is 5.96 Å². The van der Waals surface area contributed by atoms with E-state index < -0.39 is 0 Å². The third-order valence-electron chi connectivity index (χ3n) is 5.21. The fourth-order valence-corrected chi connectivity index (χ4v) is 3.72. The van der Waals surface area contributed by atoms with Crippen molar-refractivity contribution < 1.29 is 0 Å². The summed E-state index contributed by atoms with van der Waals surface area (Å²) in [5.41, 5.74) is 2.59. The normalized spacial score (nSPS) is 15.2. The summed E-state index contributed by atoms with van der Waals surface area (Å²) in [5, 5.41) is 4.85. The van der Waals surface area contributed by atoms with Gasteiger partial charge in [0.25, 0.3) is 0 Å². The zero-order valence-electron chi connectivity index (χ0n) is 16.3. The molecule has 1 aromatic carbocycles. The Balaban J connectivity index is 1.24. The average Bonchev–Trinajstić information content (AvgIpc) is 3.18. The van der Waals surface area contributed by atoms with Crippen molar-refractivity contribution in [2.45, 2.75) is 12.8 Å². The number of nitrogens with one attached hydrogen (secondary N) is 2. The molecule has 0 radical (unpaired) electrons. The number of rotatable bonds is 5. The Bertz CT molecular complexity index is 911. The first-order valence-corrected chi connectivity index (χ1v) is 9.88. The summed E-state index contributed by atoms with van der Waals surface area (Å²) in [6.45, 7) is 4.55. The first-order chi connectivity index (χ1) is 13.8. The first kappa shape index (κ1) is 18.3. The van der Waals surface area contributed by atoms with Crippen LogP contribution in [0.15, 0.2) is 53.9 Å². The lowest BCUT2D eigenvalue weighted by Gasteiger charge is -2.36. The van der Waals surface area contributed by atoms with Gasteiger partial charge < -0.3 is 20.1 Å². The third-order valence-corrected chi connectivity index (χ3v) is 5.21. The topological polar surface area (TPSA) is 72.4 Å². The van der Waals surface area contributed by atoms with E-state index in [1.54, 1.807) is 12.4 Å². The SMILES string of the molecule is CN=C(NCCCc1c[nH]c2ccccc12)N1CCN(c2ncccn2)CC1. The van der Waals surface area contributed by atoms with E-state index in [1.807, 2.05) is 13.1 Å². The molecule has 0 bridgehead atoms. The summed E-state index contributed by atoms with van der Waals surface area (Å²) >= 11 is 0. The molecule has 0 aliphatic carbocycles. The molecule has 1 aliphatic heterocycles. The fraction of sp³-hybridized carbons (Fsp3) is 0.381. The molecule has 0 atom stereocenters. The van der Waals surface area contributed by atoms with Gasteiger partial charge >= 0.3 is 0 Å². The van der Waals surface area contributed by atoms with Crippen molar-refractivity contribution in [2.75, 3.05) is 44.7 Å². The molecule has 7 nitrogen and oxygen atoms in total. The highest BCUT2D eigenvalue weighted by Gasteiger charge is 2.20. The molecule has 2 N–H and O–H groups in total. The molecule has 0 spiro atoms. The Morgan fingerprint density at radius 3 is 2.68 bits per heavy atom. The predicted octanol–water partition coefficient (Wildman–Crippen LogP) is 2.29. The van der Waals surface area contributed by atoms with Crippen LogP contribution in [0, 0.1) is 0 Å². The number of fused-ring (bicyclic) bond motifs is 1. The highest BCUT2D eigenvalue weighted by molar-refractivity contribution is 5.83. The molecule has 28 heavy (non-hydrogen) atoms. The Kier molecular flexibility index (Phi) is 5.70. The van der Waals surface area contributed by atoms with Crippen molar-refractivity contribution in [1.82, 2.24) is 25.2 Å². The smallest absolute Gasteiger partial charge is 0.225 e. The van der Waals surface area contributed by atoms with Crippen LogP contribution in [0.4, 0.5) is 5.95 Å². The van der Waals surface area contributed by atoms with Gasteiger partial charge in [-0.1, -0.05) is 18.2 Å². The lowest BCUT2D eigenvalue weighted by molar-refractivity contribution is 0.370. The molecule has 7 heteroatoms. The molecule has 3 aromatic rings. The first-order valence-electron chi connectivity index (χ1n) is 9.88. The van der Waals surface area contributed by atoms with Crippen LogP contribution < -0.4 is 10.2 Å². The predicted molar refractivity (Wildman–Crippen MR) is 114 cm³/mol. The molecule has 1 saturated heterocycles. The van der Waals surface area contributed by atoms with E-state index in [0.717, 1.165) is 57.5 Å². The molecule has 4 rings (SSSR count). The van der Waals surface area contributed by atoms with Crippen LogP contribution in [0.2, 0.25) is 0 Å². The maximum absolute atomic E-state index is 4.47. The molecule has 2 aromatic heterocycles. The molecule has 0 amide bonds. The number of nitrogens with zero attached hydrogens (tertiary/aromatic N) is 5. The largest absolute Gasteiger partial charge is 0.361 e. The molecular formula is C21H27N7. The summed E-state index contributed by atoms with van der Waals surface area (Å²) in [7, 11) is 1.86. The summed E-state index contributed by atoms with van der Waals surface area (Å²) in [6.07, 6.45) is 7.84. The molecule has 146 valence electrons. The number of aromatic nitrogens is 3. The number of piperazine rings is 1. The minimum atomic E-state index is 0.809. The number of guanidine groups is 1. The zero-order valence-corrected chi connectivity index (χ0v) is 16.3. The van der Waals surface area contributed by atoms with Gasteiger partial charge in [0.05, 0.1) is 0 Å². The van der Waals surface area contributed by atoms with Crippen molar-refractivity contribution in [2.24, 2.45) is 4.99 Å².